The number of nitrogens with zero attached hydrogens (tertiary/aromatic N) is 1. The Hall–Kier alpha value is -3.61. The Morgan fingerprint density at radius 1 is 1.14 bits per heavy atom. The molecule has 14 heteroatoms. The number of benzene rings is 2. The van der Waals surface area contributed by atoms with Crippen LogP contribution in [0.5, 0.6) is 5.75 Å². The first-order chi connectivity index (χ1) is 19.8. The van der Waals surface area contributed by atoms with E-state index in [2.05, 4.69) is 5.09 Å². The van der Waals surface area contributed by atoms with Gasteiger partial charge in [-0.05, 0) is 39.3 Å². The number of esters is 1. The van der Waals surface area contributed by atoms with E-state index < -0.39 is 67.8 Å². The second-order valence-electron chi connectivity index (χ2n) is 10.2. The van der Waals surface area contributed by atoms with Crippen LogP contribution < -0.4 is 20.9 Å². The molecular weight excluding hydrogens is 572 g/mol. The van der Waals surface area contributed by atoms with Crippen LogP contribution >= 0.6 is 7.75 Å². The molecule has 2 heterocycles. The predicted octanol–water partition coefficient (Wildman–Crippen LogP) is 3.32. The van der Waals surface area contributed by atoms with Gasteiger partial charge in [-0.25, -0.2) is 13.8 Å². The number of aliphatic hydroxyl groups is 1. The smallest absolute Gasteiger partial charge is 0.459 e. The lowest BCUT2D eigenvalue weighted by molar-refractivity contribution is -0.149. The molecule has 42 heavy (non-hydrogen) atoms. The minimum Gasteiger partial charge on any atom is -0.462 e. The number of hydrogen-bond acceptors (Lipinski definition) is 9. The van der Waals surface area contributed by atoms with Gasteiger partial charge in [-0.15, -0.1) is 0 Å². The number of rotatable bonds is 11. The van der Waals surface area contributed by atoms with Gasteiger partial charge in [-0.3, -0.25) is 23.7 Å². The molecule has 4 rings (SSSR count). The van der Waals surface area contributed by atoms with Crippen LogP contribution in [-0.2, 0) is 23.4 Å². The van der Waals surface area contributed by atoms with Crippen molar-refractivity contribution in [2.24, 2.45) is 0 Å². The Balaban J connectivity index is 1.61. The van der Waals surface area contributed by atoms with Crippen LogP contribution in [0.3, 0.4) is 0 Å². The van der Waals surface area contributed by atoms with Crippen LogP contribution in [0.15, 0.2) is 76.4 Å². The first kappa shape index (κ1) is 31.3. The number of carbonyl (C=O) groups is 1. The maximum atomic E-state index is 15.7. The zero-order valence-electron chi connectivity index (χ0n) is 23.4. The maximum absolute atomic E-state index is 15.7. The van der Waals surface area contributed by atoms with E-state index in [1.165, 1.54) is 6.92 Å². The Bertz CT molecular complexity index is 1560. The normalized spacial score (nSPS) is 24.2. The molecule has 1 aliphatic rings. The molecule has 0 bridgehead atoms. The molecule has 1 fully saturated rings. The van der Waals surface area contributed by atoms with Crippen LogP contribution in [-0.4, -0.2) is 57.3 Å². The topological polar surface area (TPSA) is 158 Å². The van der Waals surface area contributed by atoms with Crippen LogP contribution in [0.25, 0.3) is 11.1 Å². The van der Waals surface area contributed by atoms with Crippen LogP contribution in [0.2, 0.25) is 0 Å². The van der Waals surface area contributed by atoms with E-state index in [1.54, 1.807) is 38.1 Å². The van der Waals surface area contributed by atoms with Crippen molar-refractivity contribution in [3.63, 3.8) is 0 Å². The summed E-state index contributed by atoms with van der Waals surface area (Å²) in [5.74, 6) is -0.565. The first-order valence-electron chi connectivity index (χ1n) is 13.2. The molecule has 1 aromatic heterocycles. The van der Waals surface area contributed by atoms with Crippen molar-refractivity contribution in [1.29, 1.82) is 0 Å². The van der Waals surface area contributed by atoms with Crippen molar-refractivity contribution in [1.82, 2.24) is 14.6 Å². The second kappa shape index (κ2) is 12.7. The Morgan fingerprint density at radius 2 is 1.81 bits per heavy atom. The molecule has 12 nitrogen and oxygen atoms in total. The summed E-state index contributed by atoms with van der Waals surface area (Å²) < 4.78 is 53.0. The maximum Gasteiger partial charge on any atom is 0.459 e. The molecule has 1 aliphatic heterocycles. The van der Waals surface area contributed by atoms with Gasteiger partial charge in [-0.2, -0.15) is 5.09 Å². The summed E-state index contributed by atoms with van der Waals surface area (Å²) in [6.07, 6.45) is -4.31. The van der Waals surface area contributed by atoms with Crippen molar-refractivity contribution in [2.45, 2.75) is 63.9 Å². The number of alkyl halides is 1. The number of carbonyl (C=O) groups excluding carboxylic acids is 1. The standard InChI is InChI=1S/C28H33FN3O9P/c1-17(2)39-25(35)18(3)31-42(37,41-21-13-9-8-12-20(21)19-10-6-5-7-11-19)38-16-22-24(34)28(4,29)26(40-22)32-15-14-23(33)30-27(32)36/h5-15,17-18,22,24,26,34H,16H2,1-4H3,(H,31,37)(H,30,33,36). The molecule has 226 valence electrons. The summed E-state index contributed by atoms with van der Waals surface area (Å²) in [5.41, 5.74) is -2.82. The van der Waals surface area contributed by atoms with E-state index in [4.69, 9.17) is 18.5 Å². The minimum absolute atomic E-state index is 0.157. The molecule has 0 amide bonds. The van der Waals surface area contributed by atoms with Gasteiger partial charge < -0.3 is 19.1 Å². The number of halogens is 1. The molecule has 6 atom stereocenters. The number of hydrogen-bond donors (Lipinski definition) is 3. The highest BCUT2D eigenvalue weighted by atomic mass is 31.2. The third kappa shape index (κ3) is 7.05. The molecule has 3 aromatic rings. The van der Waals surface area contributed by atoms with E-state index >= 15 is 4.39 Å². The van der Waals surface area contributed by atoms with Crippen molar-refractivity contribution < 1.29 is 37.4 Å². The van der Waals surface area contributed by atoms with Crippen LogP contribution in [0, 0.1) is 0 Å². The first-order valence-corrected chi connectivity index (χ1v) is 14.8. The number of aliphatic hydroxyl groups excluding tert-OH is 1. The lowest BCUT2D eigenvalue weighted by Crippen LogP contribution is -2.43. The van der Waals surface area contributed by atoms with Gasteiger partial charge in [0.25, 0.3) is 5.56 Å². The summed E-state index contributed by atoms with van der Waals surface area (Å²) in [6.45, 7) is 5.08. The monoisotopic (exact) mass is 605 g/mol. The van der Waals surface area contributed by atoms with Gasteiger partial charge in [0.1, 0.15) is 24.0 Å². The lowest BCUT2D eigenvalue weighted by atomic mass is 9.98. The Kier molecular flexibility index (Phi) is 9.49. The zero-order chi connectivity index (χ0) is 30.7. The Morgan fingerprint density at radius 3 is 2.48 bits per heavy atom. The molecule has 0 radical (unpaired) electrons. The van der Waals surface area contributed by atoms with E-state index in [-0.39, 0.29) is 5.75 Å². The number of para-hydroxylation sites is 1. The average molecular weight is 606 g/mol. The fourth-order valence-corrected chi connectivity index (χ4v) is 5.90. The molecule has 6 unspecified atom stereocenters. The highest BCUT2D eigenvalue weighted by molar-refractivity contribution is 7.52. The highest BCUT2D eigenvalue weighted by Crippen LogP contribution is 2.49. The van der Waals surface area contributed by atoms with E-state index in [9.17, 15) is 24.1 Å². The fourth-order valence-electron chi connectivity index (χ4n) is 4.38. The lowest BCUT2D eigenvalue weighted by Gasteiger charge is -2.26. The third-order valence-corrected chi connectivity index (χ3v) is 8.11. The molecular formula is C28H33FN3O9P. The fraction of sp³-hybridized carbons (Fsp3) is 0.393. The number of H-pyrrole nitrogens is 1. The van der Waals surface area contributed by atoms with Crippen LogP contribution in [0.4, 0.5) is 4.39 Å². The van der Waals surface area contributed by atoms with Crippen molar-refractivity contribution >= 4 is 13.7 Å². The van der Waals surface area contributed by atoms with Crippen LogP contribution in [0.1, 0.15) is 33.9 Å². The van der Waals surface area contributed by atoms with E-state index in [1.807, 2.05) is 35.3 Å². The summed E-state index contributed by atoms with van der Waals surface area (Å²) in [7, 11) is -4.45. The minimum atomic E-state index is -4.45. The second-order valence-corrected chi connectivity index (χ2v) is 11.9. The highest BCUT2D eigenvalue weighted by Gasteiger charge is 2.56. The quantitative estimate of drug-likeness (QED) is 0.219. The SMILES string of the molecule is CC(C)OC(=O)C(C)NP(=O)(OCC1OC(n2ccc(=O)[nH]c2=O)C(C)(F)C1O)Oc1ccccc1-c1ccccc1. The number of ether oxygens (including phenoxy) is 2. The third-order valence-electron chi connectivity index (χ3n) is 6.48. The van der Waals surface area contributed by atoms with Gasteiger partial charge in [-0.1, -0.05) is 48.5 Å². The van der Waals surface area contributed by atoms with Gasteiger partial charge in [0.05, 0.1) is 12.7 Å². The molecule has 1 saturated heterocycles. The molecule has 0 spiro atoms. The van der Waals surface area contributed by atoms with Crippen molar-refractivity contribution in [3.05, 3.63) is 87.7 Å². The van der Waals surface area contributed by atoms with Gasteiger partial charge in [0.2, 0.25) is 0 Å². The summed E-state index contributed by atoms with van der Waals surface area (Å²) in [6, 6.07) is 15.7. The zero-order valence-corrected chi connectivity index (χ0v) is 24.3. The molecule has 2 aromatic carbocycles. The summed E-state index contributed by atoms with van der Waals surface area (Å²) in [5, 5.41) is 13.3. The molecule has 0 saturated carbocycles. The van der Waals surface area contributed by atoms with Gasteiger partial charge in [0, 0.05) is 17.8 Å². The molecule has 3 N–H and O–H groups in total. The predicted molar refractivity (Wildman–Crippen MR) is 151 cm³/mol. The van der Waals surface area contributed by atoms with E-state index in [0.29, 0.717) is 5.56 Å². The number of aromatic nitrogens is 2. The number of aromatic amines is 1. The van der Waals surface area contributed by atoms with E-state index in [0.717, 1.165) is 29.3 Å². The largest absolute Gasteiger partial charge is 0.462 e. The van der Waals surface area contributed by atoms with Gasteiger partial charge in [0.15, 0.2) is 11.9 Å². The Labute approximate surface area is 241 Å². The summed E-state index contributed by atoms with van der Waals surface area (Å²) >= 11 is 0. The summed E-state index contributed by atoms with van der Waals surface area (Å²) in [4.78, 5) is 38.3. The van der Waals surface area contributed by atoms with Gasteiger partial charge >= 0.3 is 19.4 Å². The number of nitrogens with one attached hydrogen (secondary N) is 2. The molecule has 0 aliphatic carbocycles. The van der Waals surface area contributed by atoms with Crippen molar-refractivity contribution in [2.75, 3.05) is 6.61 Å². The van der Waals surface area contributed by atoms with Crippen molar-refractivity contribution in [3.8, 4) is 16.9 Å². The average Bonchev–Trinajstić information content (AvgIpc) is 3.16.